The number of aryl methyl sites for hydroxylation is 1. The van der Waals surface area contributed by atoms with Crippen LogP contribution >= 0.6 is 0 Å². The summed E-state index contributed by atoms with van der Waals surface area (Å²) in [7, 11) is 0. The van der Waals surface area contributed by atoms with Crippen LogP contribution in [0.1, 0.15) is 37.3 Å². The van der Waals surface area contributed by atoms with E-state index in [4.69, 9.17) is 5.73 Å². The van der Waals surface area contributed by atoms with Gasteiger partial charge in [0.05, 0.1) is 5.60 Å². The van der Waals surface area contributed by atoms with Crippen molar-refractivity contribution < 1.29 is 5.11 Å². The largest absolute Gasteiger partial charge is 0.385 e. The first-order chi connectivity index (χ1) is 7.72. The minimum Gasteiger partial charge on any atom is -0.385 e. The van der Waals surface area contributed by atoms with Gasteiger partial charge >= 0.3 is 0 Å². The minimum absolute atomic E-state index is 0.196. The van der Waals surface area contributed by atoms with Crippen molar-refractivity contribution in [3.05, 3.63) is 35.4 Å². The number of rotatable bonds is 4. The molecular formula is C14H21NO. The van der Waals surface area contributed by atoms with Gasteiger partial charge in [0.25, 0.3) is 0 Å². The fourth-order valence-electron chi connectivity index (χ4n) is 2.94. The van der Waals surface area contributed by atoms with Crippen molar-refractivity contribution in [3.63, 3.8) is 0 Å². The van der Waals surface area contributed by atoms with Gasteiger partial charge in [-0.3, -0.25) is 0 Å². The summed E-state index contributed by atoms with van der Waals surface area (Å²) in [6.07, 6.45) is 3.88. The van der Waals surface area contributed by atoms with Crippen LogP contribution in [0.4, 0.5) is 0 Å². The van der Waals surface area contributed by atoms with Crippen molar-refractivity contribution in [2.45, 2.75) is 38.2 Å². The number of aliphatic hydroxyl groups is 1. The molecule has 0 aliphatic heterocycles. The summed E-state index contributed by atoms with van der Waals surface area (Å²) in [5, 5.41) is 10.9. The molecule has 1 aromatic rings. The Kier molecular flexibility index (Phi) is 3.31. The molecule has 0 amide bonds. The van der Waals surface area contributed by atoms with Crippen molar-refractivity contribution in [2.75, 3.05) is 6.54 Å². The number of hydrogen-bond acceptors (Lipinski definition) is 2. The third-order valence-corrected chi connectivity index (χ3v) is 3.86. The molecule has 0 bridgehead atoms. The Morgan fingerprint density at radius 2 is 2.19 bits per heavy atom. The first-order valence-electron chi connectivity index (χ1n) is 6.23. The fraction of sp³-hybridized carbons (Fsp3) is 0.571. The van der Waals surface area contributed by atoms with Crippen molar-refractivity contribution >= 4 is 0 Å². The maximum absolute atomic E-state index is 10.9. The topological polar surface area (TPSA) is 46.2 Å². The average Bonchev–Trinajstić information content (AvgIpc) is 2.66. The third kappa shape index (κ3) is 1.76. The second-order valence-corrected chi connectivity index (χ2v) is 4.80. The first kappa shape index (κ1) is 11.6. The summed E-state index contributed by atoms with van der Waals surface area (Å²) >= 11 is 0. The molecular weight excluding hydrogens is 198 g/mol. The maximum Gasteiger partial charge on any atom is 0.0942 e. The van der Waals surface area contributed by atoms with E-state index in [9.17, 15) is 5.11 Å². The van der Waals surface area contributed by atoms with E-state index in [-0.39, 0.29) is 5.92 Å². The molecule has 2 nitrogen and oxygen atoms in total. The zero-order chi connectivity index (χ0) is 11.6. The molecule has 0 radical (unpaired) electrons. The number of nitrogens with two attached hydrogens (primary N) is 1. The minimum atomic E-state index is -0.679. The Balaban J connectivity index is 2.33. The summed E-state index contributed by atoms with van der Waals surface area (Å²) in [5.41, 5.74) is 7.54. The molecule has 0 fully saturated rings. The second-order valence-electron chi connectivity index (χ2n) is 4.80. The van der Waals surface area contributed by atoms with Crippen molar-refractivity contribution in [2.24, 2.45) is 11.7 Å². The average molecular weight is 219 g/mol. The predicted octanol–water partition coefficient (Wildman–Crippen LogP) is 2.20. The van der Waals surface area contributed by atoms with E-state index < -0.39 is 5.60 Å². The Morgan fingerprint density at radius 3 is 2.88 bits per heavy atom. The van der Waals surface area contributed by atoms with Gasteiger partial charge in [-0.2, -0.15) is 0 Å². The molecule has 1 aliphatic rings. The van der Waals surface area contributed by atoms with Crippen LogP contribution in [0.2, 0.25) is 0 Å². The van der Waals surface area contributed by atoms with Gasteiger partial charge in [-0.1, -0.05) is 37.6 Å². The lowest BCUT2D eigenvalue weighted by atomic mass is 9.80. The highest BCUT2D eigenvalue weighted by molar-refractivity contribution is 5.37. The van der Waals surface area contributed by atoms with Gasteiger partial charge in [-0.15, -0.1) is 0 Å². The normalized spacial score (nSPS) is 25.4. The maximum atomic E-state index is 10.9. The van der Waals surface area contributed by atoms with Gasteiger partial charge in [-0.05, 0) is 36.9 Å². The molecule has 88 valence electrons. The monoisotopic (exact) mass is 219 g/mol. The Hall–Kier alpha value is -0.860. The standard InChI is InChI=1S/C14H21NO/c1-2-5-12(10-15)14(16)9-8-11-6-3-4-7-13(11)14/h3-4,6-7,12,16H,2,5,8-10,15H2,1H3. The molecule has 0 aromatic heterocycles. The fourth-order valence-corrected chi connectivity index (χ4v) is 2.94. The Labute approximate surface area is 97.5 Å². The Bertz CT molecular complexity index is 364. The van der Waals surface area contributed by atoms with E-state index in [2.05, 4.69) is 19.1 Å². The summed E-state index contributed by atoms with van der Waals surface area (Å²) in [6.45, 7) is 2.71. The quantitative estimate of drug-likeness (QED) is 0.815. The summed E-state index contributed by atoms with van der Waals surface area (Å²) in [6, 6.07) is 8.23. The lowest BCUT2D eigenvalue weighted by molar-refractivity contribution is -0.0227. The number of benzene rings is 1. The van der Waals surface area contributed by atoms with E-state index in [1.165, 1.54) is 5.56 Å². The molecule has 3 N–H and O–H groups in total. The van der Waals surface area contributed by atoms with Gasteiger partial charge in [0.15, 0.2) is 0 Å². The molecule has 0 saturated carbocycles. The summed E-state index contributed by atoms with van der Waals surface area (Å²) in [4.78, 5) is 0. The van der Waals surface area contributed by atoms with Crippen LogP contribution in [-0.2, 0) is 12.0 Å². The molecule has 1 aliphatic carbocycles. The van der Waals surface area contributed by atoms with Crippen LogP contribution in [-0.4, -0.2) is 11.7 Å². The highest BCUT2D eigenvalue weighted by Gasteiger charge is 2.41. The Morgan fingerprint density at radius 1 is 1.44 bits per heavy atom. The molecule has 16 heavy (non-hydrogen) atoms. The smallest absolute Gasteiger partial charge is 0.0942 e. The molecule has 2 unspecified atom stereocenters. The van der Waals surface area contributed by atoms with Crippen LogP contribution in [0.25, 0.3) is 0 Å². The van der Waals surface area contributed by atoms with Crippen molar-refractivity contribution in [1.29, 1.82) is 0 Å². The molecule has 1 aromatic carbocycles. The first-order valence-corrected chi connectivity index (χ1v) is 6.23. The van der Waals surface area contributed by atoms with Gasteiger partial charge < -0.3 is 10.8 Å². The number of hydrogen-bond donors (Lipinski definition) is 2. The highest BCUT2D eigenvalue weighted by Crippen LogP contribution is 2.43. The van der Waals surface area contributed by atoms with Crippen LogP contribution in [0.5, 0.6) is 0 Å². The number of fused-ring (bicyclic) bond motifs is 1. The molecule has 0 heterocycles. The zero-order valence-electron chi connectivity index (χ0n) is 9.95. The van der Waals surface area contributed by atoms with Crippen LogP contribution in [0.15, 0.2) is 24.3 Å². The lowest BCUT2D eigenvalue weighted by Gasteiger charge is -2.33. The van der Waals surface area contributed by atoms with E-state index in [1.54, 1.807) is 0 Å². The van der Waals surface area contributed by atoms with Gasteiger partial charge in [0.1, 0.15) is 0 Å². The van der Waals surface area contributed by atoms with E-state index in [0.717, 1.165) is 31.2 Å². The SMILES string of the molecule is CCCC(CN)C1(O)CCc2ccccc21. The molecule has 2 atom stereocenters. The van der Waals surface area contributed by atoms with Crippen molar-refractivity contribution in [1.82, 2.24) is 0 Å². The molecule has 0 spiro atoms. The second kappa shape index (κ2) is 4.56. The van der Waals surface area contributed by atoms with Crippen LogP contribution in [0, 0.1) is 5.92 Å². The summed E-state index contributed by atoms with van der Waals surface area (Å²) in [5.74, 6) is 0.196. The van der Waals surface area contributed by atoms with Gasteiger partial charge in [-0.25, -0.2) is 0 Å². The third-order valence-electron chi connectivity index (χ3n) is 3.86. The van der Waals surface area contributed by atoms with E-state index in [0.29, 0.717) is 6.54 Å². The molecule has 0 saturated heterocycles. The molecule has 2 rings (SSSR count). The van der Waals surface area contributed by atoms with Crippen molar-refractivity contribution in [3.8, 4) is 0 Å². The zero-order valence-corrected chi connectivity index (χ0v) is 9.95. The van der Waals surface area contributed by atoms with E-state index in [1.807, 2.05) is 12.1 Å². The summed E-state index contributed by atoms with van der Waals surface area (Å²) < 4.78 is 0. The van der Waals surface area contributed by atoms with E-state index >= 15 is 0 Å². The lowest BCUT2D eigenvalue weighted by Crippen LogP contribution is -2.37. The van der Waals surface area contributed by atoms with Crippen LogP contribution in [0.3, 0.4) is 0 Å². The van der Waals surface area contributed by atoms with Gasteiger partial charge in [0, 0.05) is 5.92 Å². The van der Waals surface area contributed by atoms with Crippen LogP contribution < -0.4 is 5.73 Å². The highest BCUT2D eigenvalue weighted by atomic mass is 16.3. The predicted molar refractivity (Wildman–Crippen MR) is 66.1 cm³/mol. The molecule has 2 heteroatoms. The van der Waals surface area contributed by atoms with Gasteiger partial charge in [0.2, 0.25) is 0 Å².